The van der Waals surface area contributed by atoms with Crippen LogP contribution in [-0.2, 0) is 4.79 Å². The highest BCUT2D eigenvalue weighted by Crippen LogP contribution is 2.28. The van der Waals surface area contributed by atoms with E-state index in [1.807, 2.05) is 20.8 Å². The van der Waals surface area contributed by atoms with E-state index in [-0.39, 0.29) is 17.8 Å². The van der Waals surface area contributed by atoms with E-state index < -0.39 is 5.41 Å². The molecule has 0 aromatic heterocycles. The van der Waals surface area contributed by atoms with Crippen molar-refractivity contribution in [2.24, 2.45) is 22.2 Å². The number of amidine groups is 1. The lowest BCUT2D eigenvalue weighted by atomic mass is 9.79. The molecule has 1 atom stereocenters. The third-order valence-electron chi connectivity index (χ3n) is 4.35. The predicted molar refractivity (Wildman–Crippen MR) is 78.1 cm³/mol. The van der Waals surface area contributed by atoms with Gasteiger partial charge in [-0.25, -0.2) is 0 Å². The number of nitrogens with one attached hydrogen (secondary N) is 1. The van der Waals surface area contributed by atoms with Crippen LogP contribution in [0.25, 0.3) is 0 Å². The number of nitrogens with zero attached hydrogens (tertiary/aromatic N) is 1. The Balaban J connectivity index is 5.04. The average Bonchev–Trinajstić information content (AvgIpc) is 2.41. The van der Waals surface area contributed by atoms with E-state index in [0.717, 1.165) is 12.8 Å². The number of hydrogen-bond donors (Lipinski definition) is 3. The van der Waals surface area contributed by atoms with Gasteiger partial charge in [-0.1, -0.05) is 45.7 Å². The maximum atomic E-state index is 12.5. The van der Waals surface area contributed by atoms with E-state index in [1.54, 1.807) is 0 Å². The summed E-state index contributed by atoms with van der Waals surface area (Å²) in [6.07, 6.45) is 3.07. The quantitative estimate of drug-likeness (QED) is 0.274. The minimum absolute atomic E-state index is 0.00764. The molecule has 5 heteroatoms. The molecule has 0 aliphatic carbocycles. The Hall–Kier alpha value is -1.26. The highest BCUT2D eigenvalue weighted by molar-refractivity contribution is 6.06. The summed E-state index contributed by atoms with van der Waals surface area (Å²) in [7, 11) is 0. The zero-order chi connectivity index (χ0) is 15.1. The van der Waals surface area contributed by atoms with Crippen molar-refractivity contribution >= 4 is 11.7 Å². The number of rotatable bonds is 8. The molecule has 0 fully saturated rings. The molecule has 0 bridgehead atoms. The standard InChI is InChI=1S/C14H29N3O2/c1-6-11(7-2)10(5)16-13(18)14(8-3,9-4)12(15)17-19/h10-11,19H,6-9H2,1-5H3,(H2,15,17)(H,16,18). The smallest absolute Gasteiger partial charge is 0.234 e. The molecule has 0 aromatic carbocycles. The molecule has 4 N–H and O–H groups in total. The lowest BCUT2D eigenvalue weighted by molar-refractivity contribution is -0.129. The molecular weight excluding hydrogens is 242 g/mol. The number of oxime groups is 1. The molecule has 0 aliphatic rings. The Morgan fingerprint density at radius 1 is 1.26 bits per heavy atom. The Labute approximate surface area is 116 Å². The minimum atomic E-state index is -0.908. The van der Waals surface area contributed by atoms with Crippen molar-refractivity contribution < 1.29 is 10.0 Å². The van der Waals surface area contributed by atoms with Gasteiger partial charge in [0.1, 0.15) is 5.41 Å². The van der Waals surface area contributed by atoms with Crippen molar-refractivity contribution in [3.63, 3.8) is 0 Å². The molecule has 0 aliphatic heterocycles. The molecule has 0 aromatic rings. The number of carbonyl (C=O) groups is 1. The highest BCUT2D eigenvalue weighted by atomic mass is 16.4. The van der Waals surface area contributed by atoms with E-state index in [1.165, 1.54) is 0 Å². The van der Waals surface area contributed by atoms with Gasteiger partial charge in [0.05, 0.1) is 0 Å². The van der Waals surface area contributed by atoms with Gasteiger partial charge in [0, 0.05) is 6.04 Å². The van der Waals surface area contributed by atoms with Crippen LogP contribution in [-0.4, -0.2) is 23.0 Å². The van der Waals surface area contributed by atoms with Gasteiger partial charge in [-0.15, -0.1) is 0 Å². The molecule has 1 amide bonds. The zero-order valence-corrected chi connectivity index (χ0v) is 12.9. The van der Waals surface area contributed by atoms with E-state index in [2.05, 4.69) is 24.3 Å². The summed E-state index contributed by atoms with van der Waals surface area (Å²) in [5, 5.41) is 15.0. The Morgan fingerprint density at radius 2 is 1.74 bits per heavy atom. The van der Waals surface area contributed by atoms with Gasteiger partial charge in [-0.2, -0.15) is 0 Å². The van der Waals surface area contributed by atoms with Crippen molar-refractivity contribution in [3.05, 3.63) is 0 Å². The van der Waals surface area contributed by atoms with Crippen LogP contribution in [0.4, 0.5) is 0 Å². The van der Waals surface area contributed by atoms with Crippen molar-refractivity contribution in [1.29, 1.82) is 0 Å². The summed E-state index contributed by atoms with van der Waals surface area (Å²) in [5.41, 5.74) is 4.82. The van der Waals surface area contributed by atoms with E-state index >= 15 is 0 Å². The summed E-state index contributed by atoms with van der Waals surface area (Å²) in [4.78, 5) is 12.5. The summed E-state index contributed by atoms with van der Waals surface area (Å²) < 4.78 is 0. The van der Waals surface area contributed by atoms with E-state index in [4.69, 9.17) is 10.9 Å². The molecular formula is C14H29N3O2. The molecule has 0 heterocycles. The Morgan fingerprint density at radius 3 is 2.05 bits per heavy atom. The van der Waals surface area contributed by atoms with Gasteiger partial charge in [-0.3, -0.25) is 4.79 Å². The largest absolute Gasteiger partial charge is 0.409 e. The molecule has 0 saturated heterocycles. The SMILES string of the molecule is CCC(CC)C(C)NC(=O)C(CC)(CC)C(N)=NO. The number of carbonyl (C=O) groups excluding carboxylic acids is 1. The lowest BCUT2D eigenvalue weighted by Gasteiger charge is -2.32. The van der Waals surface area contributed by atoms with Crippen LogP contribution >= 0.6 is 0 Å². The zero-order valence-electron chi connectivity index (χ0n) is 12.9. The number of nitrogens with two attached hydrogens (primary N) is 1. The maximum Gasteiger partial charge on any atom is 0.234 e. The van der Waals surface area contributed by atoms with Gasteiger partial charge < -0.3 is 16.3 Å². The fourth-order valence-electron chi connectivity index (χ4n) is 2.60. The van der Waals surface area contributed by atoms with E-state index in [0.29, 0.717) is 18.8 Å². The average molecular weight is 271 g/mol. The van der Waals surface area contributed by atoms with Crippen molar-refractivity contribution in [2.75, 3.05) is 0 Å². The summed E-state index contributed by atoms with van der Waals surface area (Å²) >= 11 is 0. The van der Waals surface area contributed by atoms with Crippen molar-refractivity contribution in [2.45, 2.75) is 66.3 Å². The Bertz CT molecular complexity index is 308. The van der Waals surface area contributed by atoms with Crippen LogP contribution in [0.3, 0.4) is 0 Å². The second kappa shape index (κ2) is 8.02. The van der Waals surface area contributed by atoms with Gasteiger partial charge in [0.15, 0.2) is 5.84 Å². The third-order valence-corrected chi connectivity index (χ3v) is 4.35. The normalized spacial score (nSPS) is 14.5. The molecule has 5 nitrogen and oxygen atoms in total. The molecule has 0 radical (unpaired) electrons. The topological polar surface area (TPSA) is 87.7 Å². The molecule has 19 heavy (non-hydrogen) atoms. The number of amides is 1. The summed E-state index contributed by atoms with van der Waals surface area (Å²) in [6, 6.07) is 0.0893. The summed E-state index contributed by atoms with van der Waals surface area (Å²) in [6.45, 7) is 10.0. The minimum Gasteiger partial charge on any atom is -0.409 e. The highest BCUT2D eigenvalue weighted by Gasteiger charge is 2.40. The number of hydrogen-bond acceptors (Lipinski definition) is 3. The maximum absolute atomic E-state index is 12.5. The van der Waals surface area contributed by atoms with Crippen LogP contribution in [0.2, 0.25) is 0 Å². The second-order valence-electron chi connectivity index (χ2n) is 5.11. The van der Waals surface area contributed by atoms with E-state index in [9.17, 15) is 4.79 Å². The van der Waals surface area contributed by atoms with Crippen LogP contribution in [0, 0.1) is 11.3 Å². The Kier molecular flexibility index (Phi) is 7.49. The van der Waals surface area contributed by atoms with Gasteiger partial charge in [0.2, 0.25) is 5.91 Å². The van der Waals surface area contributed by atoms with Crippen LogP contribution in [0.1, 0.15) is 60.3 Å². The fourth-order valence-corrected chi connectivity index (χ4v) is 2.60. The molecule has 112 valence electrons. The fraction of sp³-hybridized carbons (Fsp3) is 0.857. The first-order valence-corrected chi connectivity index (χ1v) is 7.22. The first-order chi connectivity index (χ1) is 8.93. The predicted octanol–water partition coefficient (Wildman–Crippen LogP) is 2.48. The molecule has 1 unspecified atom stereocenters. The van der Waals surface area contributed by atoms with Crippen LogP contribution in [0.15, 0.2) is 5.16 Å². The van der Waals surface area contributed by atoms with Crippen molar-refractivity contribution in [1.82, 2.24) is 5.32 Å². The molecule has 0 spiro atoms. The molecule has 0 rings (SSSR count). The van der Waals surface area contributed by atoms with Crippen molar-refractivity contribution in [3.8, 4) is 0 Å². The molecule has 0 saturated carbocycles. The van der Waals surface area contributed by atoms with Crippen LogP contribution in [0.5, 0.6) is 0 Å². The first-order valence-electron chi connectivity index (χ1n) is 7.22. The third kappa shape index (κ3) is 3.85. The van der Waals surface area contributed by atoms with Crippen LogP contribution < -0.4 is 11.1 Å². The van der Waals surface area contributed by atoms with Gasteiger partial charge in [0.25, 0.3) is 0 Å². The van der Waals surface area contributed by atoms with Gasteiger partial charge in [-0.05, 0) is 25.7 Å². The monoisotopic (exact) mass is 271 g/mol. The summed E-state index contributed by atoms with van der Waals surface area (Å²) in [5.74, 6) is 0.293. The second-order valence-corrected chi connectivity index (χ2v) is 5.11. The lowest BCUT2D eigenvalue weighted by Crippen LogP contribution is -2.52. The first kappa shape index (κ1) is 17.7. The van der Waals surface area contributed by atoms with Gasteiger partial charge >= 0.3 is 0 Å².